The van der Waals surface area contributed by atoms with Crippen LogP contribution >= 0.6 is 0 Å². The van der Waals surface area contributed by atoms with E-state index in [9.17, 15) is 74.6 Å². The van der Waals surface area contributed by atoms with Gasteiger partial charge in [-0.1, -0.05) is 45.1 Å². The predicted molar refractivity (Wildman–Crippen MR) is 87.8 cm³/mol. The normalized spacial score (nSPS) is 15.8. The minimum atomic E-state index is -8.59. The van der Waals surface area contributed by atoms with E-state index in [-0.39, 0.29) is 12.5 Å². The molecule has 210 valence electrons. The Labute approximate surface area is 187 Å². The maximum Gasteiger partial charge on any atom is 0.460 e. The molecule has 0 N–H and O–H groups in total. The van der Waals surface area contributed by atoms with E-state index in [0.717, 1.165) is 12.8 Å². The molecule has 35 heavy (non-hydrogen) atoms. The molecule has 0 amide bonds. The summed E-state index contributed by atoms with van der Waals surface area (Å²) in [6.45, 7) is 1.85. The van der Waals surface area contributed by atoms with Crippen molar-refractivity contribution in [3.05, 3.63) is 12.2 Å². The number of halogens is 17. The van der Waals surface area contributed by atoms with Gasteiger partial charge in [-0.2, -0.15) is 74.6 Å². The summed E-state index contributed by atoms with van der Waals surface area (Å²) in [5.74, 6) is -56.1. The lowest BCUT2D eigenvalue weighted by molar-refractivity contribution is -0.459. The first kappa shape index (κ1) is 33.5. The van der Waals surface area contributed by atoms with E-state index < -0.39 is 60.1 Å². The zero-order valence-corrected chi connectivity index (χ0v) is 17.5. The standard InChI is InChI=1S/C18H19F17/c1-2-3-4-5-6-7-8-9-10-11(19,20)12(21,22)13(23,24)14(25,26)15(27,28)16(29,30)17(31,32)18(33,34)35/h9-10H,2-8H2,1H3/b10-9+. The maximum absolute atomic E-state index is 13.6. The van der Waals surface area contributed by atoms with Crippen molar-refractivity contribution in [1.82, 2.24) is 0 Å². The summed E-state index contributed by atoms with van der Waals surface area (Å²) in [5.41, 5.74) is 0. The highest BCUT2D eigenvalue weighted by atomic mass is 19.4. The average molecular weight is 558 g/mol. The quantitative estimate of drug-likeness (QED) is 0.113. The van der Waals surface area contributed by atoms with E-state index in [0.29, 0.717) is 19.3 Å². The summed E-state index contributed by atoms with van der Waals surface area (Å²) in [5, 5.41) is 0. The minimum Gasteiger partial charge on any atom is -0.195 e. The SMILES string of the molecule is CCCCCCCC/C=C/C(F)(F)C(F)(F)C(F)(F)C(F)(F)C(F)(F)C(F)(F)C(F)(F)C(F)(F)F. The van der Waals surface area contributed by atoms with Gasteiger partial charge >= 0.3 is 47.6 Å². The van der Waals surface area contributed by atoms with Crippen LogP contribution in [0.5, 0.6) is 0 Å². The van der Waals surface area contributed by atoms with E-state index in [4.69, 9.17) is 0 Å². The first-order valence-electron chi connectivity index (χ1n) is 9.70. The molecule has 0 unspecified atom stereocenters. The molecule has 0 nitrogen and oxygen atoms in total. The number of rotatable bonds is 14. The first-order chi connectivity index (χ1) is 15.3. The van der Waals surface area contributed by atoms with Gasteiger partial charge in [0.05, 0.1) is 0 Å². The van der Waals surface area contributed by atoms with E-state index in [1.54, 1.807) is 0 Å². The Balaban J connectivity index is 6.02. The van der Waals surface area contributed by atoms with Crippen molar-refractivity contribution < 1.29 is 74.6 Å². The Morgan fingerprint density at radius 2 is 0.771 bits per heavy atom. The van der Waals surface area contributed by atoms with E-state index in [1.807, 2.05) is 6.92 Å². The number of alkyl halides is 17. The zero-order valence-electron chi connectivity index (χ0n) is 17.5. The molecule has 0 atom stereocenters. The summed E-state index contributed by atoms with van der Waals surface area (Å²) in [6.07, 6.45) is -6.12. The summed E-state index contributed by atoms with van der Waals surface area (Å²) in [6, 6.07) is 0. The van der Waals surface area contributed by atoms with Crippen molar-refractivity contribution in [2.75, 3.05) is 0 Å². The molecule has 0 saturated carbocycles. The average Bonchev–Trinajstić information content (AvgIpc) is 2.68. The molecule has 0 radical (unpaired) electrons. The third-order valence-corrected chi connectivity index (χ3v) is 4.80. The van der Waals surface area contributed by atoms with Crippen LogP contribution in [0, 0.1) is 0 Å². The molecular weight excluding hydrogens is 539 g/mol. The third-order valence-electron chi connectivity index (χ3n) is 4.80. The van der Waals surface area contributed by atoms with Crippen molar-refractivity contribution in [3.63, 3.8) is 0 Å². The van der Waals surface area contributed by atoms with Gasteiger partial charge in [-0.25, -0.2) is 0 Å². The fourth-order valence-corrected chi connectivity index (χ4v) is 2.55. The van der Waals surface area contributed by atoms with Gasteiger partial charge in [0.1, 0.15) is 0 Å². The highest BCUT2D eigenvalue weighted by Crippen LogP contribution is 2.64. The third kappa shape index (κ3) is 5.77. The molecule has 0 spiro atoms. The smallest absolute Gasteiger partial charge is 0.195 e. The van der Waals surface area contributed by atoms with Crippen molar-refractivity contribution >= 4 is 0 Å². The molecule has 0 fully saturated rings. The van der Waals surface area contributed by atoms with Crippen LogP contribution in [-0.4, -0.2) is 47.6 Å². The lowest BCUT2D eigenvalue weighted by atomic mass is 9.89. The second kappa shape index (κ2) is 10.5. The fourth-order valence-electron chi connectivity index (χ4n) is 2.55. The molecule has 0 aliphatic heterocycles. The second-order valence-electron chi connectivity index (χ2n) is 7.53. The van der Waals surface area contributed by atoms with E-state index in [1.165, 1.54) is 0 Å². The van der Waals surface area contributed by atoms with Gasteiger partial charge in [-0.15, -0.1) is 0 Å². The summed E-state index contributed by atoms with van der Waals surface area (Å²) >= 11 is 0. The van der Waals surface area contributed by atoms with Gasteiger partial charge < -0.3 is 0 Å². The topological polar surface area (TPSA) is 0 Å². The Morgan fingerprint density at radius 1 is 0.429 bits per heavy atom. The van der Waals surface area contributed by atoms with Crippen LogP contribution in [0.2, 0.25) is 0 Å². The van der Waals surface area contributed by atoms with Crippen molar-refractivity contribution in [2.45, 2.75) is 99.5 Å². The monoisotopic (exact) mass is 558 g/mol. The van der Waals surface area contributed by atoms with Crippen molar-refractivity contribution in [2.24, 2.45) is 0 Å². The molecule has 0 aromatic carbocycles. The minimum absolute atomic E-state index is 0.00520. The molecule has 17 heteroatoms. The van der Waals surface area contributed by atoms with Crippen LogP contribution in [0.4, 0.5) is 74.6 Å². The van der Waals surface area contributed by atoms with Gasteiger partial charge in [0.2, 0.25) is 0 Å². The molecule has 0 heterocycles. The summed E-state index contributed by atoms with van der Waals surface area (Å²) < 4.78 is 223. The van der Waals surface area contributed by atoms with Gasteiger partial charge in [-0.3, -0.25) is 0 Å². The van der Waals surface area contributed by atoms with E-state index >= 15 is 0 Å². The first-order valence-corrected chi connectivity index (χ1v) is 9.70. The lowest BCUT2D eigenvalue weighted by Crippen LogP contribution is -2.74. The highest BCUT2D eigenvalue weighted by molar-refractivity contribution is 5.17. The van der Waals surface area contributed by atoms with Crippen molar-refractivity contribution in [3.8, 4) is 0 Å². The highest BCUT2D eigenvalue weighted by Gasteiger charge is 2.95. The number of allylic oxidation sites excluding steroid dienone is 2. The largest absolute Gasteiger partial charge is 0.460 e. The number of hydrogen-bond donors (Lipinski definition) is 0. The van der Waals surface area contributed by atoms with Crippen LogP contribution in [0.3, 0.4) is 0 Å². The summed E-state index contributed by atoms with van der Waals surface area (Å²) in [7, 11) is 0. The molecule has 0 saturated heterocycles. The Morgan fingerprint density at radius 3 is 1.17 bits per heavy atom. The molecule has 0 rings (SSSR count). The number of unbranched alkanes of at least 4 members (excludes halogenated alkanes) is 6. The fraction of sp³-hybridized carbons (Fsp3) is 0.889. The predicted octanol–water partition coefficient (Wildman–Crippen LogP) is 9.30. The lowest BCUT2D eigenvalue weighted by Gasteiger charge is -2.42. The van der Waals surface area contributed by atoms with Crippen LogP contribution in [-0.2, 0) is 0 Å². The summed E-state index contributed by atoms with van der Waals surface area (Å²) in [4.78, 5) is 0. The van der Waals surface area contributed by atoms with Gasteiger partial charge in [-0.05, 0) is 18.9 Å². The maximum atomic E-state index is 13.6. The molecular formula is C18H19F17. The Kier molecular flexibility index (Phi) is 10.1. The molecule has 0 aromatic heterocycles. The van der Waals surface area contributed by atoms with Crippen LogP contribution < -0.4 is 0 Å². The molecule has 0 aliphatic carbocycles. The van der Waals surface area contributed by atoms with Crippen LogP contribution in [0.1, 0.15) is 51.9 Å². The van der Waals surface area contributed by atoms with E-state index in [2.05, 4.69) is 0 Å². The van der Waals surface area contributed by atoms with Crippen LogP contribution in [0.25, 0.3) is 0 Å². The van der Waals surface area contributed by atoms with Gasteiger partial charge in [0.25, 0.3) is 0 Å². The Bertz CT molecular complexity index is 702. The van der Waals surface area contributed by atoms with Gasteiger partial charge in [0.15, 0.2) is 0 Å². The molecule has 0 bridgehead atoms. The Hall–Kier alpha value is -1.45. The van der Waals surface area contributed by atoms with Crippen molar-refractivity contribution in [1.29, 1.82) is 0 Å². The zero-order chi connectivity index (χ0) is 28.4. The molecule has 0 aromatic rings. The van der Waals surface area contributed by atoms with Gasteiger partial charge in [0, 0.05) is 0 Å². The second-order valence-corrected chi connectivity index (χ2v) is 7.53. The van der Waals surface area contributed by atoms with Crippen LogP contribution in [0.15, 0.2) is 12.2 Å². The number of hydrogen-bond acceptors (Lipinski definition) is 0. The molecule has 0 aliphatic rings.